The zero-order valence-corrected chi connectivity index (χ0v) is 13.8. The third-order valence-electron chi connectivity index (χ3n) is 4.36. The molecule has 1 saturated heterocycles. The minimum atomic E-state index is 0.162. The van der Waals surface area contributed by atoms with Gasteiger partial charge in [-0.15, -0.1) is 0 Å². The first-order valence-electron chi connectivity index (χ1n) is 7.32. The molecule has 1 atom stereocenters. The van der Waals surface area contributed by atoms with E-state index in [2.05, 4.69) is 18.7 Å². The molecule has 0 bridgehead atoms. The molecule has 0 spiro atoms. The summed E-state index contributed by atoms with van der Waals surface area (Å²) in [5, 5.41) is 1.48. The Kier molecular flexibility index (Phi) is 5.36. The zero-order chi connectivity index (χ0) is 14.8. The van der Waals surface area contributed by atoms with Crippen molar-refractivity contribution >= 4 is 23.2 Å². The SMILES string of the molecule is CC1(C)CCCN(C(CN)c2cc(Cl)ccc2Cl)CC1. The van der Waals surface area contributed by atoms with Crippen molar-refractivity contribution in [2.24, 2.45) is 11.1 Å². The Labute approximate surface area is 132 Å². The summed E-state index contributed by atoms with van der Waals surface area (Å²) < 4.78 is 0. The highest BCUT2D eigenvalue weighted by atomic mass is 35.5. The van der Waals surface area contributed by atoms with E-state index in [0.717, 1.165) is 28.7 Å². The van der Waals surface area contributed by atoms with Crippen LogP contribution in [-0.2, 0) is 0 Å². The Morgan fingerprint density at radius 2 is 2.00 bits per heavy atom. The third-order valence-corrected chi connectivity index (χ3v) is 4.94. The molecule has 1 heterocycles. The molecule has 0 saturated carbocycles. The van der Waals surface area contributed by atoms with Gasteiger partial charge in [-0.2, -0.15) is 0 Å². The molecule has 20 heavy (non-hydrogen) atoms. The Hall–Kier alpha value is -0.280. The molecule has 112 valence electrons. The molecule has 0 aliphatic carbocycles. The van der Waals surface area contributed by atoms with Crippen molar-refractivity contribution in [1.29, 1.82) is 0 Å². The van der Waals surface area contributed by atoms with Gasteiger partial charge in [0.2, 0.25) is 0 Å². The minimum absolute atomic E-state index is 0.162. The highest BCUT2D eigenvalue weighted by molar-refractivity contribution is 6.33. The van der Waals surface area contributed by atoms with Crippen LogP contribution in [0.1, 0.15) is 44.7 Å². The van der Waals surface area contributed by atoms with E-state index in [0.29, 0.717) is 12.0 Å². The molecule has 1 unspecified atom stereocenters. The number of hydrogen-bond donors (Lipinski definition) is 1. The number of likely N-dealkylation sites (tertiary alicyclic amines) is 1. The summed E-state index contributed by atoms with van der Waals surface area (Å²) >= 11 is 12.5. The standard InChI is InChI=1S/C16H24Cl2N2/c1-16(2)6-3-8-20(9-7-16)15(11-19)13-10-12(17)4-5-14(13)18/h4-5,10,15H,3,6-9,11,19H2,1-2H3. The van der Waals surface area contributed by atoms with Crippen molar-refractivity contribution in [2.75, 3.05) is 19.6 Å². The van der Waals surface area contributed by atoms with E-state index in [1.807, 2.05) is 18.2 Å². The Bertz CT molecular complexity index is 460. The van der Waals surface area contributed by atoms with Gasteiger partial charge in [-0.25, -0.2) is 0 Å². The summed E-state index contributed by atoms with van der Waals surface area (Å²) in [6.45, 7) is 7.41. The van der Waals surface area contributed by atoms with E-state index >= 15 is 0 Å². The molecule has 2 N–H and O–H groups in total. The van der Waals surface area contributed by atoms with Crippen molar-refractivity contribution in [3.05, 3.63) is 33.8 Å². The van der Waals surface area contributed by atoms with Crippen molar-refractivity contribution in [2.45, 2.75) is 39.2 Å². The summed E-state index contributed by atoms with van der Waals surface area (Å²) in [5.74, 6) is 0. The fourth-order valence-electron chi connectivity index (χ4n) is 3.00. The lowest BCUT2D eigenvalue weighted by Crippen LogP contribution is -2.35. The van der Waals surface area contributed by atoms with Gasteiger partial charge in [-0.05, 0) is 61.5 Å². The average Bonchev–Trinajstić information content (AvgIpc) is 2.56. The van der Waals surface area contributed by atoms with Crippen LogP contribution in [0.4, 0.5) is 0 Å². The second-order valence-corrected chi connectivity index (χ2v) is 7.31. The normalized spacial score (nSPS) is 21.4. The summed E-state index contributed by atoms with van der Waals surface area (Å²) in [6.07, 6.45) is 3.67. The van der Waals surface area contributed by atoms with Crippen LogP contribution in [-0.4, -0.2) is 24.5 Å². The van der Waals surface area contributed by atoms with E-state index in [-0.39, 0.29) is 6.04 Å². The first-order valence-corrected chi connectivity index (χ1v) is 8.07. The molecule has 0 aromatic heterocycles. The van der Waals surface area contributed by atoms with Gasteiger partial charge in [0.25, 0.3) is 0 Å². The predicted molar refractivity (Wildman–Crippen MR) is 87.5 cm³/mol. The van der Waals surface area contributed by atoms with Crippen LogP contribution < -0.4 is 5.73 Å². The van der Waals surface area contributed by atoms with Crippen LogP contribution in [0.5, 0.6) is 0 Å². The summed E-state index contributed by atoms with van der Waals surface area (Å²) in [7, 11) is 0. The highest BCUT2D eigenvalue weighted by Crippen LogP contribution is 2.35. The largest absolute Gasteiger partial charge is 0.329 e. The zero-order valence-electron chi connectivity index (χ0n) is 12.3. The molecule has 2 nitrogen and oxygen atoms in total. The molecular formula is C16H24Cl2N2. The lowest BCUT2D eigenvalue weighted by Gasteiger charge is -2.31. The lowest BCUT2D eigenvalue weighted by molar-refractivity contribution is 0.200. The minimum Gasteiger partial charge on any atom is -0.329 e. The van der Waals surface area contributed by atoms with Gasteiger partial charge in [0.05, 0.1) is 0 Å². The van der Waals surface area contributed by atoms with Gasteiger partial charge < -0.3 is 5.73 Å². The fraction of sp³-hybridized carbons (Fsp3) is 0.625. The summed E-state index contributed by atoms with van der Waals surface area (Å²) in [4.78, 5) is 2.46. The molecule has 1 aliphatic heterocycles. The molecule has 1 aromatic rings. The van der Waals surface area contributed by atoms with E-state index in [9.17, 15) is 0 Å². The quantitative estimate of drug-likeness (QED) is 0.889. The Morgan fingerprint density at radius 3 is 2.70 bits per heavy atom. The van der Waals surface area contributed by atoms with Crippen LogP contribution in [0.25, 0.3) is 0 Å². The van der Waals surface area contributed by atoms with Crippen molar-refractivity contribution in [3.8, 4) is 0 Å². The second kappa shape index (κ2) is 6.65. The summed E-state index contributed by atoms with van der Waals surface area (Å²) in [6, 6.07) is 5.81. The number of benzene rings is 1. The van der Waals surface area contributed by atoms with Gasteiger partial charge in [0.15, 0.2) is 0 Å². The topological polar surface area (TPSA) is 29.3 Å². The summed E-state index contributed by atoms with van der Waals surface area (Å²) in [5.41, 5.74) is 7.51. The maximum absolute atomic E-state index is 6.34. The molecule has 1 aromatic carbocycles. The smallest absolute Gasteiger partial charge is 0.0485 e. The number of nitrogens with zero attached hydrogens (tertiary/aromatic N) is 1. The molecular weight excluding hydrogens is 291 g/mol. The van der Waals surface area contributed by atoms with Gasteiger partial charge in [-0.3, -0.25) is 4.90 Å². The maximum Gasteiger partial charge on any atom is 0.0485 e. The molecule has 0 radical (unpaired) electrons. The number of halogens is 2. The van der Waals surface area contributed by atoms with Crippen LogP contribution in [0, 0.1) is 5.41 Å². The first kappa shape index (κ1) is 16.1. The van der Waals surface area contributed by atoms with E-state index in [1.54, 1.807) is 0 Å². The third kappa shape index (κ3) is 3.88. The van der Waals surface area contributed by atoms with Crippen molar-refractivity contribution in [1.82, 2.24) is 4.90 Å². The van der Waals surface area contributed by atoms with Crippen LogP contribution in [0.15, 0.2) is 18.2 Å². The van der Waals surface area contributed by atoms with Crippen molar-refractivity contribution in [3.63, 3.8) is 0 Å². The molecule has 4 heteroatoms. The average molecular weight is 315 g/mol. The van der Waals surface area contributed by atoms with Crippen LogP contribution in [0.2, 0.25) is 10.0 Å². The maximum atomic E-state index is 6.34. The van der Waals surface area contributed by atoms with Gasteiger partial charge in [0.1, 0.15) is 0 Å². The van der Waals surface area contributed by atoms with Gasteiger partial charge in [0, 0.05) is 22.6 Å². The highest BCUT2D eigenvalue weighted by Gasteiger charge is 2.28. The number of nitrogens with two attached hydrogens (primary N) is 1. The number of hydrogen-bond acceptors (Lipinski definition) is 2. The van der Waals surface area contributed by atoms with E-state index < -0.39 is 0 Å². The monoisotopic (exact) mass is 314 g/mol. The lowest BCUT2D eigenvalue weighted by atomic mass is 9.85. The van der Waals surface area contributed by atoms with Gasteiger partial charge in [-0.1, -0.05) is 37.0 Å². The van der Waals surface area contributed by atoms with E-state index in [4.69, 9.17) is 28.9 Å². The predicted octanol–water partition coefficient (Wildman–Crippen LogP) is 4.51. The van der Waals surface area contributed by atoms with Crippen LogP contribution >= 0.6 is 23.2 Å². The molecule has 1 fully saturated rings. The Morgan fingerprint density at radius 1 is 1.25 bits per heavy atom. The van der Waals surface area contributed by atoms with Crippen LogP contribution in [0.3, 0.4) is 0 Å². The molecule has 2 rings (SSSR count). The fourth-order valence-corrected chi connectivity index (χ4v) is 3.42. The molecule has 0 amide bonds. The molecule has 1 aliphatic rings. The van der Waals surface area contributed by atoms with Crippen molar-refractivity contribution < 1.29 is 0 Å². The Balaban J connectivity index is 2.21. The first-order chi connectivity index (χ1) is 9.43. The van der Waals surface area contributed by atoms with E-state index in [1.165, 1.54) is 19.3 Å². The number of rotatable bonds is 3. The second-order valence-electron chi connectivity index (χ2n) is 6.47. The van der Waals surface area contributed by atoms with Gasteiger partial charge >= 0.3 is 0 Å².